The fourth-order valence-electron chi connectivity index (χ4n) is 3.55. The summed E-state index contributed by atoms with van der Waals surface area (Å²) in [6.07, 6.45) is 0. The average Bonchev–Trinajstić information content (AvgIpc) is 3.29. The number of fused-ring (bicyclic) bond motifs is 6. The van der Waals surface area contributed by atoms with E-state index in [4.69, 9.17) is 14.1 Å². The molecule has 0 saturated carbocycles. The van der Waals surface area contributed by atoms with E-state index in [1.165, 1.54) is 0 Å². The van der Waals surface area contributed by atoms with Gasteiger partial charge >= 0.3 is 0 Å². The number of furan rings is 2. The Morgan fingerprint density at radius 3 is 1.26 bits per heavy atom. The van der Waals surface area contributed by atoms with Crippen molar-refractivity contribution in [2.45, 2.75) is 0 Å². The molecule has 0 N–H and O–H groups in total. The van der Waals surface area contributed by atoms with E-state index in [9.17, 15) is 0 Å². The van der Waals surface area contributed by atoms with Crippen molar-refractivity contribution in [1.29, 1.82) is 5.26 Å². The molecule has 0 aliphatic carbocycles. The second-order valence-corrected chi connectivity index (χ2v) is 9.70. The predicted molar refractivity (Wildman–Crippen MR) is 135 cm³/mol. The number of nitriles is 1. The smallest absolute Gasteiger partial charge is 0.136 e. The predicted octanol–water partition coefficient (Wildman–Crippen LogP) is 9.33. The van der Waals surface area contributed by atoms with Crippen molar-refractivity contribution < 1.29 is 8.83 Å². The molecule has 0 unspecified atom stereocenters. The van der Waals surface area contributed by atoms with E-state index >= 15 is 0 Å². The first kappa shape index (κ1) is 20.3. The van der Waals surface area contributed by atoms with Gasteiger partial charge in [-0.15, -0.1) is 0 Å². The molecule has 6 heteroatoms. The third-order valence-corrected chi connectivity index (χ3v) is 6.44. The Labute approximate surface area is 202 Å². The Kier molecular flexibility index (Phi) is 5.35. The van der Waals surface area contributed by atoms with Gasteiger partial charge in [0.15, 0.2) is 0 Å². The molecule has 0 bridgehead atoms. The molecule has 150 valence electrons. The minimum absolute atomic E-state index is 0.616. The lowest BCUT2D eigenvalue weighted by Gasteiger charge is -1.90. The van der Waals surface area contributed by atoms with Gasteiger partial charge in [0.05, 0.1) is 11.6 Å². The Morgan fingerprint density at radius 1 is 0.516 bits per heavy atom. The minimum Gasteiger partial charge on any atom is -0.456 e. The van der Waals surface area contributed by atoms with Gasteiger partial charge in [0.1, 0.15) is 22.3 Å². The summed E-state index contributed by atoms with van der Waals surface area (Å²) in [5, 5.41) is 13.2. The minimum atomic E-state index is 0.616. The fourth-order valence-corrected chi connectivity index (χ4v) is 4.57. The van der Waals surface area contributed by atoms with E-state index in [0.717, 1.165) is 57.3 Å². The van der Waals surface area contributed by atoms with Gasteiger partial charge < -0.3 is 8.83 Å². The molecule has 0 saturated heterocycles. The summed E-state index contributed by atoms with van der Waals surface area (Å²) in [5.41, 5.74) is 4.03. The van der Waals surface area contributed by atoms with Crippen LogP contribution in [0.3, 0.4) is 0 Å². The Hall–Kier alpha value is -2.59. The quantitative estimate of drug-likeness (QED) is 0.175. The highest BCUT2D eigenvalue weighted by molar-refractivity contribution is 9.11. The third kappa shape index (κ3) is 3.89. The van der Waals surface area contributed by atoms with Crippen LogP contribution in [0.25, 0.3) is 43.9 Å². The maximum atomic E-state index is 8.82. The molecule has 0 aliphatic rings. The van der Waals surface area contributed by atoms with Gasteiger partial charge in [0, 0.05) is 35.0 Å². The van der Waals surface area contributed by atoms with Crippen LogP contribution in [0.4, 0.5) is 0 Å². The van der Waals surface area contributed by atoms with Crippen LogP contribution in [0.5, 0.6) is 0 Å². The zero-order valence-electron chi connectivity index (χ0n) is 15.8. The summed E-state index contributed by atoms with van der Waals surface area (Å²) in [5.74, 6) is 0. The fraction of sp³-hybridized carbons (Fsp3) is 0. The molecule has 2 aromatic heterocycles. The van der Waals surface area contributed by atoms with Crippen molar-refractivity contribution in [3.05, 3.63) is 91.8 Å². The zero-order chi connectivity index (χ0) is 21.5. The molecular weight excluding hydrogens is 586 g/mol. The summed E-state index contributed by atoms with van der Waals surface area (Å²) in [4.78, 5) is 0. The van der Waals surface area contributed by atoms with Crippen LogP contribution in [-0.2, 0) is 0 Å². The van der Waals surface area contributed by atoms with Crippen molar-refractivity contribution in [1.82, 2.24) is 0 Å². The van der Waals surface area contributed by atoms with Crippen LogP contribution in [0.15, 0.2) is 95.0 Å². The molecule has 2 heterocycles. The molecule has 0 spiro atoms. The number of rotatable bonds is 0. The summed E-state index contributed by atoms with van der Waals surface area (Å²) in [7, 11) is 0. The van der Waals surface area contributed by atoms with Gasteiger partial charge in [0.2, 0.25) is 0 Å². The van der Waals surface area contributed by atoms with Gasteiger partial charge in [-0.1, -0.05) is 47.8 Å². The van der Waals surface area contributed by atoms with Crippen molar-refractivity contribution >= 4 is 91.7 Å². The SMILES string of the molecule is Brc1ccc2c(c1)oc1cc(Br)ccc12.N#Cc1ccc2c(c1)oc1cc(Br)ccc12. The van der Waals surface area contributed by atoms with E-state index in [1.807, 2.05) is 48.5 Å². The zero-order valence-corrected chi connectivity index (χ0v) is 20.6. The Bertz CT molecular complexity index is 1580. The van der Waals surface area contributed by atoms with Gasteiger partial charge in [0.25, 0.3) is 0 Å². The largest absolute Gasteiger partial charge is 0.456 e. The normalized spacial score (nSPS) is 11.0. The van der Waals surface area contributed by atoms with Crippen LogP contribution in [0.2, 0.25) is 0 Å². The first-order valence-corrected chi connectivity index (χ1v) is 11.7. The van der Waals surface area contributed by atoms with E-state index in [-0.39, 0.29) is 0 Å². The maximum Gasteiger partial charge on any atom is 0.136 e. The first-order valence-electron chi connectivity index (χ1n) is 9.31. The highest BCUT2D eigenvalue weighted by Crippen LogP contribution is 2.32. The van der Waals surface area contributed by atoms with Crippen molar-refractivity contribution in [3.8, 4) is 6.07 Å². The number of hydrogen-bond donors (Lipinski definition) is 0. The molecule has 0 radical (unpaired) electrons. The maximum absolute atomic E-state index is 8.82. The van der Waals surface area contributed by atoms with Gasteiger partial charge in [-0.3, -0.25) is 0 Å². The molecule has 0 atom stereocenters. The van der Waals surface area contributed by atoms with Crippen LogP contribution in [0, 0.1) is 11.3 Å². The molecule has 0 amide bonds. The van der Waals surface area contributed by atoms with Gasteiger partial charge in [-0.05, 0) is 72.8 Å². The van der Waals surface area contributed by atoms with Crippen LogP contribution >= 0.6 is 47.8 Å². The lowest BCUT2D eigenvalue weighted by molar-refractivity contribution is 0.668. The highest BCUT2D eigenvalue weighted by atomic mass is 79.9. The van der Waals surface area contributed by atoms with E-state index in [1.54, 1.807) is 12.1 Å². The van der Waals surface area contributed by atoms with Gasteiger partial charge in [-0.2, -0.15) is 5.26 Å². The van der Waals surface area contributed by atoms with E-state index in [2.05, 4.69) is 66.0 Å². The van der Waals surface area contributed by atoms with Crippen molar-refractivity contribution in [2.24, 2.45) is 0 Å². The molecule has 6 aromatic rings. The second kappa shape index (κ2) is 8.16. The molecular formula is C25H12Br3NO2. The van der Waals surface area contributed by atoms with Crippen molar-refractivity contribution in [3.63, 3.8) is 0 Å². The average molecular weight is 598 g/mol. The number of hydrogen-bond acceptors (Lipinski definition) is 3. The first-order chi connectivity index (χ1) is 15.0. The molecule has 4 aromatic carbocycles. The molecule has 6 rings (SSSR count). The molecule has 0 fully saturated rings. The molecule has 0 aliphatic heterocycles. The molecule has 31 heavy (non-hydrogen) atoms. The number of nitrogens with zero attached hydrogens (tertiary/aromatic N) is 1. The second-order valence-electron chi connectivity index (χ2n) is 6.95. The van der Waals surface area contributed by atoms with Gasteiger partial charge in [-0.25, -0.2) is 0 Å². The number of halogens is 3. The Morgan fingerprint density at radius 2 is 0.871 bits per heavy atom. The third-order valence-electron chi connectivity index (χ3n) is 4.96. The summed E-state index contributed by atoms with van der Waals surface area (Å²) >= 11 is 10.3. The summed E-state index contributed by atoms with van der Waals surface area (Å²) in [6.45, 7) is 0. The van der Waals surface area contributed by atoms with E-state index < -0.39 is 0 Å². The lowest BCUT2D eigenvalue weighted by atomic mass is 10.1. The standard InChI is InChI=1S/C13H6BrNO.C12H6Br2O/c14-9-2-4-11-10-3-1-8(7-15)5-12(10)16-13(11)6-9;13-7-1-3-9-10-4-2-8(14)6-12(10)15-11(9)5-7/h1-6H;1-6H. The highest BCUT2D eigenvalue weighted by Gasteiger charge is 2.08. The summed E-state index contributed by atoms with van der Waals surface area (Å²) in [6, 6.07) is 25.7. The van der Waals surface area contributed by atoms with Crippen LogP contribution in [-0.4, -0.2) is 0 Å². The number of benzene rings is 4. The van der Waals surface area contributed by atoms with Crippen molar-refractivity contribution in [2.75, 3.05) is 0 Å². The van der Waals surface area contributed by atoms with Crippen LogP contribution in [0.1, 0.15) is 5.56 Å². The van der Waals surface area contributed by atoms with E-state index in [0.29, 0.717) is 5.56 Å². The van der Waals surface area contributed by atoms with Crippen LogP contribution < -0.4 is 0 Å². The molecule has 3 nitrogen and oxygen atoms in total. The topological polar surface area (TPSA) is 50.1 Å². The Balaban J connectivity index is 0.000000132. The lowest BCUT2D eigenvalue weighted by Crippen LogP contribution is -1.71. The monoisotopic (exact) mass is 595 g/mol. The summed E-state index contributed by atoms with van der Waals surface area (Å²) < 4.78 is 14.5.